The van der Waals surface area contributed by atoms with E-state index in [1.807, 2.05) is 60.0 Å². The fourth-order valence-corrected chi connectivity index (χ4v) is 3.98. The summed E-state index contributed by atoms with van der Waals surface area (Å²) >= 11 is 7.67. The summed E-state index contributed by atoms with van der Waals surface area (Å²) in [5.41, 5.74) is 2.82. The first-order valence-electron chi connectivity index (χ1n) is 9.21. The maximum atomic E-state index is 12.5. The lowest BCUT2D eigenvalue weighted by molar-refractivity contribution is -0.113. The van der Waals surface area contributed by atoms with E-state index in [-0.39, 0.29) is 11.7 Å². The molecular weight excluding hydrogens is 392 g/mol. The van der Waals surface area contributed by atoms with Gasteiger partial charge in [0.25, 0.3) is 0 Å². The summed E-state index contributed by atoms with van der Waals surface area (Å²) in [6.07, 6.45) is 0. The zero-order chi connectivity index (χ0) is 20.1. The number of para-hydroxylation sites is 1. The standard InChI is InChI=1S/C21H23ClN4OS/c1-4-26-20(16-10-5-7-11-17(16)22)24-25-21(26)28-13-19(27)23-18-12-8-6-9-15(18)14(2)3/h5-12,14H,4,13H2,1-3H3,(H,23,27). The molecule has 0 radical (unpaired) electrons. The molecule has 0 aliphatic heterocycles. The summed E-state index contributed by atoms with van der Waals surface area (Å²) in [5.74, 6) is 1.24. The molecule has 0 spiro atoms. The molecule has 3 rings (SSSR count). The maximum absolute atomic E-state index is 12.5. The van der Waals surface area contributed by atoms with Crippen LogP contribution in [0, 0.1) is 0 Å². The third-order valence-corrected chi connectivity index (χ3v) is 5.63. The van der Waals surface area contributed by atoms with Crippen molar-refractivity contribution in [1.82, 2.24) is 14.8 Å². The number of hydrogen-bond donors (Lipinski definition) is 1. The normalized spacial score (nSPS) is 11.0. The number of nitrogens with one attached hydrogen (secondary N) is 1. The van der Waals surface area contributed by atoms with Gasteiger partial charge in [-0.3, -0.25) is 4.79 Å². The molecule has 1 aromatic heterocycles. The van der Waals surface area contributed by atoms with Gasteiger partial charge in [0.15, 0.2) is 11.0 Å². The Morgan fingerprint density at radius 2 is 1.86 bits per heavy atom. The Bertz CT molecular complexity index is 971. The van der Waals surface area contributed by atoms with Gasteiger partial charge in [-0.05, 0) is 36.6 Å². The minimum atomic E-state index is -0.0666. The number of rotatable bonds is 7. The first-order valence-corrected chi connectivity index (χ1v) is 10.6. The molecule has 146 valence electrons. The molecule has 0 atom stereocenters. The van der Waals surface area contributed by atoms with Crippen LogP contribution in [0.25, 0.3) is 11.4 Å². The summed E-state index contributed by atoms with van der Waals surface area (Å²) in [7, 11) is 0. The van der Waals surface area contributed by atoms with E-state index in [0.29, 0.717) is 28.5 Å². The van der Waals surface area contributed by atoms with Gasteiger partial charge in [0.05, 0.1) is 10.8 Å². The number of aromatic nitrogens is 3. The number of thioether (sulfide) groups is 1. The molecule has 1 N–H and O–H groups in total. The van der Waals surface area contributed by atoms with Gasteiger partial charge in [0.1, 0.15) is 0 Å². The van der Waals surface area contributed by atoms with Crippen molar-refractivity contribution in [2.24, 2.45) is 0 Å². The van der Waals surface area contributed by atoms with E-state index < -0.39 is 0 Å². The van der Waals surface area contributed by atoms with E-state index >= 15 is 0 Å². The maximum Gasteiger partial charge on any atom is 0.234 e. The van der Waals surface area contributed by atoms with Gasteiger partial charge in [0.2, 0.25) is 5.91 Å². The highest BCUT2D eigenvalue weighted by atomic mass is 35.5. The Morgan fingerprint density at radius 3 is 2.57 bits per heavy atom. The zero-order valence-corrected chi connectivity index (χ0v) is 17.7. The lowest BCUT2D eigenvalue weighted by Gasteiger charge is -2.13. The first kappa shape index (κ1) is 20.4. The molecule has 0 saturated carbocycles. The molecule has 3 aromatic rings. The Kier molecular flexibility index (Phi) is 6.75. The Balaban J connectivity index is 1.72. The van der Waals surface area contributed by atoms with Crippen molar-refractivity contribution in [3.05, 3.63) is 59.1 Å². The number of benzene rings is 2. The molecule has 28 heavy (non-hydrogen) atoms. The summed E-state index contributed by atoms with van der Waals surface area (Å²) in [6, 6.07) is 15.4. The van der Waals surface area contributed by atoms with Gasteiger partial charge >= 0.3 is 0 Å². The second-order valence-corrected chi connectivity index (χ2v) is 7.96. The van der Waals surface area contributed by atoms with Crippen molar-refractivity contribution in [2.75, 3.05) is 11.1 Å². The lowest BCUT2D eigenvalue weighted by atomic mass is 10.0. The first-order chi connectivity index (χ1) is 13.5. The van der Waals surface area contributed by atoms with E-state index in [1.54, 1.807) is 0 Å². The predicted molar refractivity (Wildman–Crippen MR) is 116 cm³/mol. The van der Waals surface area contributed by atoms with Crippen LogP contribution in [0.5, 0.6) is 0 Å². The quantitative estimate of drug-likeness (QED) is 0.520. The Hall–Kier alpha value is -2.31. The minimum Gasteiger partial charge on any atom is -0.325 e. The van der Waals surface area contributed by atoms with Crippen LogP contribution in [0.3, 0.4) is 0 Å². The van der Waals surface area contributed by atoms with Gasteiger partial charge in [-0.1, -0.05) is 67.5 Å². The molecule has 0 aliphatic carbocycles. The van der Waals surface area contributed by atoms with Crippen molar-refractivity contribution < 1.29 is 4.79 Å². The van der Waals surface area contributed by atoms with Crippen LogP contribution in [0.1, 0.15) is 32.3 Å². The number of nitrogens with zero attached hydrogens (tertiary/aromatic N) is 3. The van der Waals surface area contributed by atoms with Crippen LogP contribution in [-0.2, 0) is 11.3 Å². The largest absolute Gasteiger partial charge is 0.325 e. The number of anilines is 1. The van der Waals surface area contributed by atoms with Gasteiger partial charge in [-0.2, -0.15) is 0 Å². The van der Waals surface area contributed by atoms with Crippen LogP contribution < -0.4 is 5.32 Å². The minimum absolute atomic E-state index is 0.0666. The SMILES string of the molecule is CCn1c(SCC(=O)Nc2ccccc2C(C)C)nnc1-c1ccccc1Cl. The molecule has 0 aliphatic rings. The third kappa shape index (κ3) is 4.56. The van der Waals surface area contributed by atoms with E-state index in [1.165, 1.54) is 11.8 Å². The van der Waals surface area contributed by atoms with Crippen LogP contribution in [0.2, 0.25) is 5.02 Å². The van der Waals surface area contributed by atoms with E-state index in [0.717, 1.165) is 16.8 Å². The van der Waals surface area contributed by atoms with Crippen LogP contribution in [-0.4, -0.2) is 26.4 Å². The van der Waals surface area contributed by atoms with Crippen molar-refractivity contribution in [2.45, 2.75) is 38.4 Å². The van der Waals surface area contributed by atoms with Crippen LogP contribution in [0.4, 0.5) is 5.69 Å². The van der Waals surface area contributed by atoms with Crippen molar-refractivity contribution in [3.63, 3.8) is 0 Å². The smallest absolute Gasteiger partial charge is 0.234 e. The summed E-state index contributed by atoms with van der Waals surface area (Å²) in [6.45, 7) is 6.93. The second-order valence-electron chi connectivity index (χ2n) is 6.61. The highest BCUT2D eigenvalue weighted by molar-refractivity contribution is 7.99. The molecule has 0 fully saturated rings. The molecular formula is C21H23ClN4OS. The number of carbonyl (C=O) groups excluding carboxylic acids is 1. The average molecular weight is 415 g/mol. The van der Waals surface area contributed by atoms with Gasteiger partial charge in [-0.25, -0.2) is 0 Å². The van der Waals surface area contributed by atoms with Gasteiger partial charge in [0, 0.05) is 17.8 Å². The highest BCUT2D eigenvalue weighted by Crippen LogP contribution is 2.29. The summed E-state index contributed by atoms with van der Waals surface area (Å²) in [5, 5.41) is 12.9. The molecule has 2 aromatic carbocycles. The van der Waals surface area contributed by atoms with Crippen molar-refractivity contribution in [3.8, 4) is 11.4 Å². The Morgan fingerprint density at radius 1 is 1.14 bits per heavy atom. The number of amides is 1. The molecule has 1 amide bonds. The van der Waals surface area contributed by atoms with E-state index in [4.69, 9.17) is 11.6 Å². The fourth-order valence-electron chi connectivity index (χ4n) is 2.95. The van der Waals surface area contributed by atoms with Crippen molar-refractivity contribution in [1.29, 1.82) is 0 Å². The molecule has 7 heteroatoms. The molecule has 5 nitrogen and oxygen atoms in total. The Labute approximate surface area is 174 Å². The third-order valence-electron chi connectivity index (χ3n) is 4.34. The summed E-state index contributed by atoms with van der Waals surface area (Å²) in [4.78, 5) is 12.5. The van der Waals surface area contributed by atoms with Crippen LogP contribution in [0.15, 0.2) is 53.7 Å². The van der Waals surface area contributed by atoms with Gasteiger partial charge < -0.3 is 9.88 Å². The average Bonchev–Trinajstić information content (AvgIpc) is 3.09. The molecule has 0 unspecified atom stereocenters. The molecule has 0 saturated heterocycles. The molecule has 0 bridgehead atoms. The number of hydrogen-bond acceptors (Lipinski definition) is 4. The predicted octanol–water partition coefficient (Wildman–Crippen LogP) is 5.47. The van der Waals surface area contributed by atoms with Gasteiger partial charge in [-0.15, -0.1) is 10.2 Å². The lowest BCUT2D eigenvalue weighted by Crippen LogP contribution is -2.16. The monoisotopic (exact) mass is 414 g/mol. The fraction of sp³-hybridized carbons (Fsp3) is 0.286. The topological polar surface area (TPSA) is 59.8 Å². The van der Waals surface area contributed by atoms with E-state index in [9.17, 15) is 4.79 Å². The number of carbonyl (C=O) groups is 1. The molecule has 1 heterocycles. The van der Waals surface area contributed by atoms with Crippen LogP contribution >= 0.6 is 23.4 Å². The zero-order valence-electron chi connectivity index (χ0n) is 16.1. The highest BCUT2D eigenvalue weighted by Gasteiger charge is 2.17. The number of halogens is 1. The van der Waals surface area contributed by atoms with Crippen molar-refractivity contribution >= 4 is 35.0 Å². The second kappa shape index (κ2) is 9.26. The summed E-state index contributed by atoms with van der Waals surface area (Å²) < 4.78 is 1.97. The van der Waals surface area contributed by atoms with E-state index in [2.05, 4.69) is 29.4 Å².